The van der Waals surface area contributed by atoms with Gasteiger partial charge in [-0.2, -0.15) is 0 Å². The minimum atomic E-state index is 0. The van der Waals surface area contributed by atoms with Gasteiger partial charge in [-0.05, 0) is 25.1 Å². The number of hydrogen-bond donors (Lipinski definition) is 2. The summed E-state index contributed by atoms with van der Waals surface area (Å²) in [7, 11) is 1.77. The van der Waals surface area contributed by atoms with Crippen LogP contribution >= 0.6 is 24.0 Å². The second kappa shape index (κ2) is 11.7. The molecule has 2 rings (SSSR count). The summed E-state index contributed by atoms with van der Waals surface area (Å²) in [4.78, 5) is 8.55. The highest BCUT2D eigenvalue weighted by Crippen LogP contribution is 2.17. The third-order valence-electron chi connectivity index (χ3n) is 3.34. The lowest BCUT2D eigenvalue weighted by Crippen LogP contribution is -2.38. The molecule has 24 heavy (non-hydrogen) atoms. The smallest absolute Gasteiger partial charge is 0.191 e. The molecule has 0 bridgehead atoms. The number of nitrogens with one attached hydrogen (secondary N) is 2. The van der Waals surface area contributed by atoms with Crippen LogP contribution < -0.4 is 15.4 Å². The predicted octanol–water partition coefficient (Wildman–Crippen LogP) is 3.01. The van der Waals surface area contributed by atoms with Crippen molar-refractivity contribution in [3.63, 3.8) is 0 Å². The third kappa shape index (κ3) is 6.74. The summed E-state index contributed by atoms with van der Waals surface area (Å²) in [5.74, 6) is 1.68. The fraction of sp³-hybridized carbons (Fsp3) is 0.333. The third-order valence-corrected chi connectivity index (χ3v) is 3.34. The van der Waals surface area contributed by atoms with E-state index in [9.17, 15) is 0 Å². The van der Waals surface area contributed by atoms with E-state index >= 15 is 0 Å². The van der Waals surface area contributed by atoms with Gasteiger partial charge in [-0.1, -0.05) is 24.3 Å². The van der Waals surface area contributed by atoms with Crippen LogP contribution in [0.15, 0.2) is 53.7 Å². The van der Waals surface area contributed by atoms with Gasteiger partial charge in [-0.15, -0.1) is 24.0 Å². The number of nitrogens with zero attached hydrogens (tertiary/aromatic N) is 2. The van der Waals surface area contributed by atoms with Crippen LogP contribution in [0.25, 0.3) is 0 Å². The molecule has 0 radical (unpaired) electrons. The normalized spacial score (nSPS) is 10.7. The van der Waals surface area contributed by atoms with Crippen molar-refractivity contribution in [2.24, 2.45) is 4.99 Å². The first-order chi connectivity index (χ1) is 11.3. The van der Waals surface area contributed by atoms with Crippen LogP contribution in [-0.4, -0.2) is 31.1 Å². The van der Waals surface area contributed by atoms with Gasteiger partial charge >= 0.3 is 0 Å². The zero-order valence-corrected chi connectivity index (χ0v) is 16.5. The summed E-state index contributed by atoms with van der Waals surface area (Å²) < 4.78 is 5.63. The second-order valence-electron chi connectivity index (χ2n) is 4.96. The van der Waals surface area contributed by atoms with E-state index in [2.05, 4.69) is 26.7 Å². The molecule has 130 valence electrons. The molecule has 0 aliphatic heterocycles. The van der Waals surface area contributed by atoms with Crippen molar-refractivity contribution in [3.8, 4) is 5.75 Å². The molecular weight excluding hydrogens is 415 g/mol. The number of ether oxygens (including phenoxy) is 1. The molecule has 6 heteroatoms. The molecule has 5 nitrogen and oxygen atoms in total. The molecule has 0 unspecified atom stereocenters. The molecule has 0 saturated carbocycles. The van der Waals surface area contributed by atoms with E-state index in [1.165, 1.54) is 0 Å². The fourth-order valence-electron chi connectivity index (χ4n) is 2.20. The molecule has 1 aromatic carbocycles. The average molecular weight is 440 g/mol. The van der Waals surface area contributed by atoms with Crippen LogP contribution in [0.1, 0.15) is 18.2 Å². The van der Waals surface area contributed by atoms with E-state index in [-0.39, 0.29) is 24.0 Å². The van der Waals surface area contributed by atoms with Crippen LogP contribution in [-0.2, 0) is 13.0 Å². The van der Waals surface area contributed by atoms with E-state index in [0.717, 1.165) is 35.9 Å². The van der Waals surface area contributed by atoms with Crippen LogP contribution in [0.2, 0.25) is 0 Å². The van der Waals surface area contributed by atoms with Crippen molar-refractivity contribution in [2.75, 3.05) is 20.2 Å². The molecular formula is C18H25IN4O. The standard InChI is InChI=1S/C18H24N4O.HI/c1-3-23-17-10-5-4-8-15(17)14-22-18(19-2)21-13-11-16-9-6-7-12-20-16;/h4-10,12H,3,11,13-14H2,1-2H3,(H2,19,21,22);1H. The molecule has 0 amide bonds. The zero-order chi connectivity index (χ0) is 16.3. The summed E-state index contributed by atoms with van der Waals surface area (Å²) in [5, 5.41) is 6.61. The van der Waals surface area contributed by atoms with Gasteiger partial charge < -0.3 is 15.4 Å². The first kappa shape index (κ1) is 20.2. The van der Waals surface area contributed by atoms with Crippen molar-refractivity contribution in [1.29, 1.82) is 0 Å². The van der Waals surface area contributed by atoms with Crippen molar-refractivity contribution >= 4 is 29.9 Å². The van der Waals surface area contributed by atoms with Crippen LogP contribution in [0.3, 0.4) is 0 Å². The molecule has 0 saturated heterocycles. The number of aromatic nitrogens is 1. The topological polar surface area (TPSA) is 58.5 Å². The molecule has 0 spiro atoms. The number of aliphatic imine (C=N–C) groups is 1. The highest BCUT2D eigenvalue weighted by molar-refractivity contribution is 14.0. The molecule has 0 aliphatic carbocycles. The molecule has 1 heterocycles. The Kier molecular flexibility index (Phi) is 9.83. The van der Waals surface area contributed by atoms with E-state index in [1.807, 2.05) is 49.5 Å². The Morgan fingerprint density at radius 2 is 1.92 bits per heavy atom. The first-order valence-corrected chi connectivity index (χ1v) is 7.88. The number of benzene rings is 1. The van der Waals surface area contributed by atoms with Crippen LogP contribution in [0.4, 0.5) is 0 Å². The number of rotatable bonds is 7. The van der Waals surface area contributed by atoms with Gasteiger partial charge in [0.1, 0.15) is 5.75 Å². The second-order valence-corrected chi connectivity index (χ2v) is 4.96. The van der Waals surface area contributed by atoms with Crippen molar-refractivity contribution in [2.45, 2.75) is 19.9 Å². The number of guanidine groups is 1. The number of halogens is 1. The van der Waals surface area contributed by atoms with E-state index < -0.39 is 0 Å². The molecule has 2 N–H and O–H groups in total. The maximum atomic E-state index is 5.63. The summed E-state index contributed by atoms with van der Waals surface area (Å²) in [5.41, 5.74) is 2.18. The summed E-state index contributed by atoms with van der Waals surface area (Å²) in [6, 6.07) is 14.0. The van der Waals surface area contributed by atoms with Crippen molar-refractivity contribution in [1.82, 2.24) is 15.6 Å². The van der Waals surface area contributed by atoms with Gasteiger partial charge in [-0.3, -0.25) is 9.98 Å². The average Bonchev–Trinajstić information content (AvgIpc) is 2.60. The molecule has 0 aliphatic rings. The Balaban J connectivity index is 0.00000288. The highest BCUT2D eigenvalue weighted by atomic mass is 127. The summed E-state index contributed by atoms with van der Waals surface area (Å²) >= 11 is 0. The molecule has 2 aromatic rings. The lowest BCUT2D eigenvalue weighted by Gasteiger charge is -2.14. The summed E-state index contributed by atoms with van der Waals surface area (Å²) in [6.07, 6.45) is 2.67. The fourth-order valence-corrected chi connectivity index (χ4v) is 2.20. The summed E-state index contributed by atoms with van der Waals surface area (Å²) in [6.45, 7) is 4.10. The molecule has 0 atom stereocenters. The SMILES string of the molecule is CCOc1ccccc1CNC(=NC)NCCc1ccccn1.I. The maximum Gasteiger partial charge on any atom is 0.191 e. The maximum absolute atomic E-state index is 5.63. The van der Waals surface area contributed by atoms with Gasteiger partial charge in [0.25, 0.3) is 0 Å². The largest absolute Gasteiger partial charge is 0.494 e. The number of hydrogen-bond acceptors (Lipinski definition) is 3. The van der Waals surface area contributed by atoms with Gasteiger partial charge in [0, 0.05) is 44.0 Å². The Morgan fingerprint density at radius 3 is 2.62 bits per heavy atom. The quantitative estimate of drug-likeness (QED) is 0.395. The lowest BCUT2D eigenvalue weighted by molar-refractivity contribution is 0.336. The van der Waals surface area contributed by atoms with Gasteiger partial charge in [-0.25, -0.2) is 0 Å². The van der Waals surface area contributed by atoms with Crippen molar-refractivity contribution in [3.05, 3.63) is 59.9 Å². The van der Waals surface area contributed by atoms with Gasteiger partial charge in [0.2, 0.25) is 0 Å². The molecule has 1 aromatic heterocycles. The predicted molar refractivity (Wildman–Crippen MR) is 109 cm³/mol. The van der Waals surface area contributed by atoms with Crippen LogP contribution in [0.5, 0.6) is 5.75 Å². The molecule has 0 fully saturated rings. The van der Waals surface area contributed by atoms with E-state index in [0.29, 0.717) is 13.2 Å². The minimum Gasteiger partial charge on any atom is -0.494 e. The lowest BCUT2D eigenvalue weighted by atomic mass is 10.2. The Morgan fingerprint density at radius 1 is 1.12 bits per heavy atom. The first-order valence-electron chi connectivity index (χ1n) is 7.88. The number of pyridine rings is 1. The van der Waals surface area contributed by atoms with Crippen LogP contribution in [0, 0.1) is 0 Å². The highest BCUT2D eigenvalue weighted by Gasteiger charge is 2.04. The monoisotopic (exact) mass is 440 g/mol. The Labute approximate surface area is 161 Å². The van der Waals surface area contributed by atoms with E-state index in [1.54, 1.807) is 7.05 Å². The minimum absolute atomic E-state index is 0. The zero-order valence-electron chi connectivity index (χ0n) is 14.2. The van der Waals surface area contributed by atoms with Crippen molar-refractivity contribution < 1.29 is 4.74 Å². The van der Waals surface area contributed by atoms with E-state index in [4.69, 9.17) is 4.74 Å². The van der Waals surface area contributed by atoms with Gasteiger partial charge in [0.05, 0.1) is 6.61 Å². The van der Waals surface area contributed by atoms with Gasteiger partial charge in [0.15, 0.2) is 5.96 Å². The number of para-hydroxylation sites is 1. The Bertz CT molecular complexity index is 619. The Hall–Kier alpha value is -1.83.